The molecule has 0 bridgehead atoms. The fourth-order valence-corrected chi connectivity index (χ4v) is 3.10. The van der Waals surface area contributed by atoms with E-state index >= 15 is 0 Å². The number of nitrogens with two attached hydrogens (primary N) is 1. The average molecular weight is 393 g/mol. The summed E-state index contributed by atoms with van der Waals surface area (Å²) in [6, 6.07) is 4.55. The van der Waals surface area contributed by atoms with Crippen LogP contribution in [0.1, 0.15) is 13.8 Å². The molecule has 3 aromatic rings. The van der Waals surface area contributed by atoms with E-state index in [4.69, 9.17) is 5.73 Å². The van der Waals surface area contributed by atoms with Crippen LogP contribution in [-0.2, 0) is 6.54 Å². The molecule has 0 radical (unpaired) electrons. The maximum Gasteiger partial charge on any atom is 0.233 e. The Hall–Kier alpha value is -2.55. The lowest BCUT2D eigenvalue weighted by atomic mass is 10.2. The summed E-state index contributed by atoms with van der Waals surface area (Å²) in [6.45, 7) is 5.15. The summed E-state index contributed by atoms with van der Waals surface area (Å²) in [5.41, 5.74) is 7.87. The molecule has 0 amide bonds. The first kappa shape index (κ1) is 16.3. The van der Waals surface area contributed by atoms with Crippen LogP contribution in [0.5, 0.6) is 11.5 Å². The molecule has 0 fully saturated rings. The van der Waals surface area contributed by atoms with Crippen LogP contribution >= 0.6 is 15.9 Å². The van der Waals surface area contributed by atoms with Gasteiger partial charge in [-0.1, -0.05) is 0 Å². The second-order valence-corrected chi connectivity index (χ2v) is 5.83. The average Bonchev–Trinajstić information content (AvgIpc) is 2.87. The van der Waals surface area contributed by atoms with Gasteiger partial charge >= 0.3 is 0 Å². The van der Waals surface area contributed by atoms with Gasteiger partial charge in [-0.05, 0) is 41.9 Å². The number of phenols is 2. The van der Waals surface area contributed by atoms with E-state index in [1.807, 2.05) is 18.4 Å². The van der Waals surface area contributed by atoms with Crippen LogP contribution in [0.15, 0.2) is 22.9 Å². The molecule has 2 heterocycles. The standard InChI is InChI=1S/C15H17BrN6O2/c1-3-21(8-5-6-9(23)10(24)7-8)15-19-12(17)11-13(20-15)22(4-2)14(16)18-11/h5-7,23-24H,3-4H2,1-2H3,(H2,17,19,20). The van der Waals surface area contributed by atoms with E-state index in [0.29, 0.717) is 40.6 Å². The van der Waals surface area contributed by atoms with Crippen molar-refractivity contribution >= 4 is 44.5 Å². The predicted molar refractivity (Wildman–Crippen MR) is 95.6 cm³/mol. The van der Waals surface area contributed by atoms with Gasteiger partial charge in [0.1, 0.15) is 0 Å². The highest BCUT2D eigenvalue weighted by Crippen LogP contribution is 2.33. The Labute approximate surface area is 146 Å². The fourth-order valence-electron chi connectivity index (χ4n) is 2.50. The van der Waals surface area contributed by atoms with E-state index in [9.17, 15) is 10.2 Å². The van der Waals surface area contributed by atoms with Crippen molar-refractivity contribution in [2.75, 3.05) is 17.2 Å². The first-order valence-corrected chi connectivity index (χ1v) is 8.24. The van der Waals surface area contributed by atoms with Crippen molar-refractivity contribution in [1.29, 1.82) is 0 Å². The molecule has 0 aliphatic heterocycles. The van der Waals surface area contributed by atoms with Crippen molar-refractivity contribution < 1.29 is 10.2 Å². The molecular weight excluding hydrogens is 376 g/mol. The number of aromatic hydroxyl groups is 2. The summed E-state index contributed by atoms with van der Waals surface area (Å²) < 4.78 is 2.53. The van der Waals surface area contributed by atoms with Crippen molar-refractivity contribution in [3.05, 3.63) is 22.9 Å². The molecule has 0 unspecified atom stereocenters. The Morgan fingerprint density at radius 1 is 1.17 bits per heavy atom. The molecule has 24 heavy (non-hydrogen) atoms. The lowest BCUT2D eigenvalue weighted by molar-refractivity contribution is 0.404. The second kappa shape index (κ2) is 6.16. The zero-order chi connectivity index (χ0) is 17.4. The maximum absolute atomic E-state index is 9.74. The molecule has 1 aromatic carbocycles. The summed E-state index contributed by atoms with van der Waals surface area (Å²) in [7, 11) is 0. The largest absolute Gasteiger partial charge is 0.504 e. The molecule has 0 saturated heterocycles. The normalized spacial score (nSPS) is 11.1. The van der Waals surface area contributed by atoms with E-state index in [0.717, 1.165) is 0 Å². The smallest absolute Gasteiger partial charge is 0.233 e. The highest BCUT2D eigenvalue weighted by Gasteiger charge is 2.18. The Morgan fingerprint density at radius 3 is 2.54 bits per heavy atom. The monoisotopic (exact) mass is 392 g/mol. The van der Waals surface area contributed by atoms with Gasteiger partial charge in [0.05, 0.1) is 0 Å². The Morgan fingerprint density at radius 2 is 1.92 bits per heavy atom. The summed E-state index contributed by atoms with van der Waals surface area (Å²) >= 11 is 3.40. The van der Waals surface area contributed by atoms with Gasteiger partial charge in [0.15, 0.2) is 33.2 Å². The van der Waals surface area contributed by atoms with Crippen molar-refractivity contribution in [3.63, 3.8) is 0 Å². The number of benzene rings is 1. The number of halogens is 1. The zero-order valence-corrected chi connectivity index (χ0v) is 14.8. The fraction of sp³-hybridized carbons (Fsp3) is 0.267. The van der Waals surface area contributed by atoms with E-state index in [-0.39, 0.29) is 17.3 Å². The number of anilines is 3. The molecule has 0 atom stereocenters. The minimum Gasteiger partial charge on any atom is -0.504 e. The van der Waals surface area contributed by atoms with Crippen LogP contribution in [0.4, 0.5) is 17.5 Å². The van der Waals surface area contributed by atoms with E-state index in [2.05, 4.69) is 30.9 Å². The predicted octanol–water partition coefficient (Wildman–Crippen LogP) is 2.76. The number of nitrogen functional groups attached to an aromatic ring is 1. The van der Waals surface area contributed by atoms with Gasteiger partial charge < -0.3 is 25.4 Å². The van der Waals surface area contributed by atoms with Gasteiger partial charge in [-0.15, -0.1) is 0 Å². The van der Waals surface area contributed by atoms with Crippen LogP contribution in [0.25, 0.3) is 11.2 Å². The van der Waals surface area contributed by atoms with Gasteiger partial charge in [0, 0.05) is 24.8 Å². The van der Waals surface area contributed by atoms with Crippen molar-refractivity contribution in [3.8, 4) is 11.5 Å². The highest BCUT2D eigenvalue weighted by atomic mass is 79.9. The van der Waals surface area contributed by atoms with Crippen LogP contribution in [0.2, 0.25) is 0 Å². The molecule has 2 aromatic heterocycles. The third-order valence-electron chi connectivity index (χ3n) is 3.71. The van der Waals surface area contributed by atoms with Gasteiger partial charge in [-0.3, -0.25) is 0 Å². The maximum atomic E-state index is 9.74. The number of nitrogens with zero attached hydrogens (tertiary/aromatic N) is 5. The van der Waals surface area contributed by atoms with Crippen molar-refractivity contribution in [2.24, 2.45) is 0 Å². The minimum absolute atomic E-state index is 0.182. The van der Waals surface area contributed by atoms with Crippen molar-refractivity contribution in [2.45, 2.75) is 20.4 Å². The summed E-state index contributed by atoms with van der Waals surface area (Å²) in [5.74, 6) is 0.291. The number of imidazole rings is 1. The third kappa shape index (κ3) is 2.60. The highest BCUT2D eigenvalue weighted by molar-refractivity contribution is 9.10. The van der Waals surface area contributed by atoms with E-state index < -0.39 is 0 Å². The quantitative estimate of drug-likeness (QED) is 0.461. The third-order valence-corrected chi connectivity index (χ3v) is 4.31. The second-order valence-electron chi connectivity index (χ2n) is 5.12. The van der Waals surface area contributed by atoms with Crippen LogP contribution in [0, 0.1) is 0 Å². The van der Waals surface area contributed by atoms with Crippen molar-refractivity contribution in [1.82, 2.24) is 19.5 Å². The number of hydrogen-bond donors (Lipinski definition) is 3. The SMILES string of the molecule is CCN(c1ccc(O)c(O)c1)c1nc(N)c2nc(Br)n(CC)c2n1. The molecule has 9 heteroatoms. The Balaban J connectivity index is 2.17. The topological polar surface area (TPSA) is 113 Å². The molecule has 4 N–H and O–H groups in total. The van der Waals surface area contributed by atoms with E-state index in [1.165, 1.54) is 12.1 Å². The minimum atomic E-state index is -0.207. The molecule has 126 valence electrons. The van der Waals surface area contributed by atoms with Crippen LogP contribution < -0.4 is 10.6 Å². The summed E-state index contributed by atoms with van der Waals surface area (Å²) in [4.78, 5) is 15.1. The van der Waals surface area contributed by atoms with Crippen LogP contribution in [-0.4, -0.2) is 36.3 Å². The molecule has 0 spiro atoms. The number of aromatic nitrogens is 4. The molecule has 0 aliphatic carbocycles. The molecule has 0 aliphatic rings. The molecule has 3 rings (SSSR count). The number of rotatable bonds is 4. The van der Waals surface area contributed by atoms with Gasteiger partial charge in [0.2, 0.25) is 5.95 Å². The number of fused-ring (bicyclic) bond motifs is 1. The van der Waals surface area contributed by atoms with Gasteiger partial charge in [0.25, 0.3) is 0 Å². The molecular formula is C15H17BrN6O2. The lowest BCUT2D eigenvalue weighted by Crippen LogP contribution is -2.19. The zero-order valence-electron chi connectivity index (χ0n) is 13.2. The van der Waals surface area contributed by atoms with Gasteiger partial charge in [-0.25, -0.2) is 4.98 Å². The summed E-state index contributed by atoms with van der Waals surface area (Å²) in [5, 5.41) is 19.2. The number of aryl methyl sites for hydroxylation is 1. The first-order chi connectivity index (χ1) is 11.5. The lowest BCUT2D eigenvalue weighted by Gasteiger charge is -2.21. The Kier molecular flexibility index (Phi) is 4.18. The molecule has 0 saturated carbocycles. The van der Waals surface area contributed by atoms with Gasteiger partial charge in [-0.2, -0.15) is 9.97 Å². The van der Waals surface area contributed by atoms with E-state index in [1.54, 1.807) is 11.0 Å². The van der Waals surface area contributed by atoms with Crippen LogP contribution in [0.3, 0.4) is 0 Å². The Bertz CT molecular complexity index is 911. The summed E-state index contributed by atoms with van der Waals surface area (Å²) in [6.07, 6.45) is 0. The molecule has 8 nitrogen and oxygen atoms in total. The first-order valence-electron chi connectivity index (χ1n) is 7.45. The number of hydrogen-bond acceptors (Lipinski definition) is 7. The number of phenolic OH excluding ortho intramolecular Hbond substituents is 2.